The molecule has 1 N–H and O–H groups in total. The zero-order valence-corrected chi connectivity index (χ0v) is 15.0. The van der Waals surface area contributed by atoms with E-state index >= 15 is 0 Å². The summed E-state index contributed by atoms with van der Waals surface area (Å²) in [5, 5.41) is 7.07. The summed E-state index contributed by atoms with van der Waals surface area (Å²) in [4.78, 5) is 16.4. The number of rotatable bonds is 4. The fraction of sp³-hybridized carbons (Fsp3) is 0.211. The third kappa shape index (κ3) is 3.88. The molecule has 0 saturated heterocycles. The Bertz CT molecular complexity index is 959. The number of fused-ring (bicyclic) bond motifs is 1. The first-order valence-corrected chi connectivity index (χ1v) is 8.82. The van der Waals surface area contributed by atoms with Gasteiger partial charge in [0.25, 0.3) is 5.91 Å². The second-order valence-electron chi connectivity index (χ2n) is 5.96. The zero-order chi connectivity index (χ0) is 18.6. The number of pyridine rings is 1. The first-order chi connectivity index (χ1) is 13.2. The van der Waals surface area contributed by atoms with Crippen LogP contribution in [0.2, 0.25) is 5.02 Å². The van der Waals surface area contributed by atoms with E-state index in [1.165, 1.54) is 0 Å². The van der Waals surface area contributed by atoms with Crippen molar-refractivity contribution in [2.75, 3.05) is 13.2 Å². The molecular formula is C19H16ClN3O4. The normalized spacial score (nSPS) is 13.1. The monoisotopic (exact) mass is 385 g/mol. The molecule has 27 heavy (non-hydrogen) atoms. The standard InChI is InChI=1S/C19H16ClN3O4/c20-14-7-12(8-17-18(14)26-6-2-5-25-17)10-22-19(24)15-9-16(27-23-15)13-3-1-4-21-11-13/h1,3-4,7-9,11H,2,5-6,10H2,(H,22,24). The van der Waals surface area contributed by atoms with Crippen molar-refractivity contribution < 1.29 is 18.8 Å². The van der Waals surface area contributed by atoms with Gasteiger partial charge in [-0.05, 0) is 29.8 Å². The van der Waals surface area contributed by atoms with Crippen molar-refractivity contribution in [1.82, 2.24) is 15.5 Å². The number of halogens is 1. The summed E-state index contributed by atoms with van der Waals surface area (Å²) in [6.45, 7) is 1.40. The van der Waals surface area contributed by atoms with Crippen LogP contribution < -0.4 is 14.8 Å². The molecule has 3 aromatic rings. The van der Waals surface area contributed by atoms with Gasteiger partial charge < -0.3 is 19.3 Å². The van der Waals surface area contributed by atoms with Crippen molar-refractivity contribution >= 4 is 17.5 Å². The van der Waals surface area contributed by atoms with E-state index in [0.717, 1.165) is 17.5 Å². The molecule has 1 aliphatic heterocycles. The Hall–Kier alpha value is -3.06. The van der Waals surface area contributed by atoms with Crippen LogP contribution in [-0.2, 0) is 6.54 Å². The van der Waals surface area contributed by atoms with Gasteiger partial charge in [0.15, 0.2) is 23.0 Å². The predicted octanol–water partition coefficient (Wildman–Crippen LogP) is 3.48. The summed E-state index contributed by atoms with van der Waals surface area (Å²) >= 11 is 6.27. The maximum Gasteiger partial charge on any atom is 0.273 e. The van der Waals surface area contributed by atoms with Crippen LogP contribution in [0.15, 0.2) is 47.2 Å². The highest BCUT2D eigenvalue weighted by Gasteiger charge is 2.17. The number of ether oxygens (including phenoxy) is 2. The Kier molecular flexibility index (Phi) is 4.93. The predicted molar refractivity (Wildman–Crippen MR) is 98.0 cm³/mol. The molecule has 0 atom stereocenters. The van der Waals surface area contributed by atoms with Gasteiger partial charge in [0.05, 0.1) is 18.2 Å². The second kappa shape index (κ2) is 7.67. The summed E-state index contributed by atoms with van der Waals surface area (Å²) in [6.07, 6.45) is 4.10. The summed E-state index contributed by atoms with van der Waals surface area (Å²) in [5.74, 6) is 1.26. The third-order valence-corrected chi connectivity index (χ3v) is 4.28. The Morgan fingerprint density at radius 1 is 1.22 bits per heavy atom. The average molecular weight is 386 g/mol. The van der Waals surface area contributed by atoms with Gasteiger partial charge >= 0.3 is 0 Å². The van der Waals surface area contributed by atoms with Crippen LogP contribution >= 0.6 is 11.6 Å². The van der Waals surface area contributed by atoms with Crippen LogP contribution in [0.5, 0.6) is 11.5 Å². The van der Waals surface area contributed by atoms with E-state index in [0.29, 0.717) is 35.5 Å². The fourth-order valence-corrected chi connectivity index (χ4v) is 2.97. The first-order valence-electron chi connectivity index (χ1n) is 8.44. The summed E-state index contributed by atoms with van der Waals surface area (Å²) in [5.41, 5.74) is 1.74. The van der Waals surface area contributed by atoms with Crippen LogP contribution in [0.4, 0.5) is 0 Å². The molecule has 4 rings (SSSR count). The topological polar surface area (TPSA) is 86.5 Å². The lowest BCUT2D eigenvalue weighted by molar-refractivity contribution is 0.0942. The summed E-state index contributed by atoms with van der Waals surface area (Å²) in [7, 11) is 0. The largest absolute Gasteiger partial charge is 0.489 e. The van der Waals surface area contributed by atoms with Gasteiger partial charge in [0, 0.05) is 37.0 Å². The lowest BCUT2D eigenvalue weighted by Gasteiger charge is -2.11. The Morgan fingerprint density at radius 2 is 2.11 bits per heavy atom. The van der Waals surface area contributed by atoms with Crippen LogP contribution in [0.3, 0.4) is 0 Å². The molecule has 0 saturated carbocycles. The van der Waals surface area contributed by atoms with Gasteiger partial charge in [0.2, 0.25) is 0 Å². The Morgan fingerprint density at radius 3 is 2.96 bits per heavy atom. The molecule has 1 aliphatic rings. The van der Waals surface area contributed by atoms with E-state index in [-0.39, 0.29) is 18.1 Å². The molecule has 1 amide bonds. The van der Waals surface area contributed by atoms with E-state index in [2.05, 4.69) is 15.5 Å². The molecule has 1 aromatic carbocycles. The van der Waals surface area contributed by atoms with Crippen molar-refractivity contribution in [3.8, 4) is 22.8 Å². The van der Waals surface area contributed by atoms with Crippen molar-refractivity contribution in [2.45, 2.75) is 13.0 Å². The van der Waals surface area contributed by atoms with Gasteiger partial charge in [-0.15, -0.1) is 0 Å². The van der Waals surface area contributed by atoms with Crippen molar-refractivity contribution in [3.63, 3.8) is 0 Å². The van der Waals surface area contributed by atoms with Crippen LogP contribution in [0.1, 0.15) is 22.5 Å². The molecule has 3 heterocycles. The minimum Gasteiger partial charge on any atom is -0.489 e. The lowest BCUT2D eigenvalue weighted by Crippen LogP contribution is -2.23. The zero-order valence-electron chi connectivity index (χ0n) is 14.3. The molecular weight excluding hydrogens is 370 g/mol. The average Bonchev–Trinajstić information content (AvgIpc) is 3.06. The van der Waals surface area contributed by atoms with Gasteiger partial charge in [0.1, 0.15) is 0 Å². The third-order valence-electron chi connectivity index (χ3n) is 4.00. The van der Waals surface area contributed by atoms with Crippen molar-refractivity contribution in [3.05, 3.63) is 59.0 Å². The molecule has 2 aromatic heterocycles. The summed E-state index contributed by atoms with van der Waals surface area (Å²) in [6, 6.07) is 8.75. The van der Waals surface area contributed by atoms with E-state index in [1.54, 1.807) is 30.6 Å². The van der Waals surface area contributed by atoms with Gasteiger partial charge in [-0.2, -0.15) is 0 Å². The highest BCUT2D eigenvalue weighted by molar-refractivity contribution is 6.32. The van der Waals surface area contributed by atoms with Crippen LogP contribution in [0.25, 0.3) is 11.3 Å². The molecule has 8 heteroatoms. The molecule has 0 fully saturated rings. The number of aromatic nitrogens is 2. The SMILES string of the molecule is O=C(NCc1cc(Cl)c2c(c1)OCCCO2)c1cc(-c2cccnc2)on1. The van der Waals surface area contributed by atoms with Gasteiger partial charge in [-0.1, -0.05) is 16.8 Å². The summed E-state index contributed by atoms with van der Waals surface area (Å²) < 4.78 is 16.5. The number of carbonyl (C=O) groups is 1. The number of nitrogens with one attached hydrogen (secondary N) is 1. The lowest BCUT2D eigenvalue weighted by atomic mass is 10.2. The van der Waals surface area contributed by atoms with Crippen LogP contribution in [0, 0.1) is 0 Å². The number of hydrogen-bond donors (Lipinski definition) is 1. The number of nitrogens with zero attached hydrogens (tertiary/aromatic N) is 2. The van der Waals surface area contributed by atoms with E-state index in [4.69, 9.17) is 25.6 Å². The van der Waals surface area contributed by atoms with E-state index in [1.807, 2.05) is 12.1 Å². The fourth-order valence-electron chi connectivity index (χ4n) is 2.69. The Balaban J connectivity index is 1.45. The highest BCUT2D eigenvalue weighted by Crippen LogP contribution is 2.38. The maximum atomic E-state index is 12.4. The van der Waals surface area contributed by atoms with Crippen LogP contribution in [-0.4, -0.2) is 29.3 Å². The first kappa shape index (κ1) is 17.4. The molecule has 0 bridgehead atoms. The van der Waals surface area contributed by atoms with Gasteiger partial charge in [-0.25, -0.2) is 0 Å². The highest BCUT2D eigenvalue weighted by atomic mass is 35.5. The Labute approximate surface area is 160 Å². The van der Waals surface area contributed by atoms with Crippen molar-refractivity contribution in [2.24, 2.45) is 0 Å². The van der Waals surface area contributed by atoms with Crippen molar-refractivity contribution in [1.29, 1.82) is 0 Å². The van der Waals surface area contributed by atoms with Gasteiger partial charge in [-0.3, -0.25) is 9.78 Å². The maximum absolute atomic E-state index is 12.4. The van der Waals surface area contributed by atoms with E-state index < -0.39 is 0 Å². The molecule has 0 aliphatic carbocycles. The number of carbonyl (C=O) groups excluding carboxylic acids is 1. The number of amides is 1. The molecule has 138 valence electrons. The second-order valence-corrected chi connectivity index (χ2v) is 6.36. The minimum atomic E-state index is -0.350. The quantitative estimate of drug-likeness (QED) is 0.739. The minimum absolute atomic E-state index is 0.189. The number of hydrogen-bond acceptors (Lipinski definition) is 6. The van der Waals surface area contributed by atoms with E-state index in [9.17, 15) is 4.79 Å². The number of benzene rings is 1. The molecule has 0 radical (unpaired) electrons. The molecule has 0 unspecified atom stereocenters. The smallest absolute Gasteiger partial charge is 0.273 e. The molecule has 7 nitrogen and oxygen atoms in total. The molecule has 0 spiro atoms.